The van der Waals surface area contributed by atoms with E-state index in [1.54, 1.807) is 26.4 Å². The molecule has 2 heterocycles. The van der Waals surface area contributed by atoms with Crippen LogP contribution >= 0.6 is 11.6 Å². The smallest absolute Gasteiger partial charge is 0.248 e. The Kier molecular flexibility index (Phi) is 8.99. The Morgan fingerprint density at radius 2 is 1.72 bits per heavy atom. The molecule has 1 aromatic heterocycles. The normalized spacial score (nSPS) is 12.0. The van der Waals surface area contributed by atoms with Gasteiger partial charge in [0.25, 0.3) is 0 Å². The Labute approximate surface area is 213 Å². The predicted octanol–water partition coefficient (Wildman–Crippen LogP) is 5.56. The van der Waals surface area contributed by atoms with E-state index >= 15 is 0 Å². The molecule has 1 aliphatic heterocycles. The molecule has 1 aliphatic rings. The van der Waals surface area contributed by atoms with Crippen molar-refractivity contribution in [3.05, 3.63) is 53.1 Å². The summed E-state index contributed by atoms with van der Waals surface area (Å²) in [6, 6.07) is 8.04. The highest BCUT2D eigenvalue weighted by Gasteiger charge is 2.22. The van der Waals surface area contributed by atoms with Gasteiger partial charge in [-0.05, 0) is 24.3 Å². The monoisotopic (exact) mass is 518 g/mol. The van der Waals surface area contributed by atoms with Gasteiger partial charge < -0.3 is 34.3 Å². The Hall–Kier alpha value is -3.34. The highest BCUT2D eigenvalue weighted by molar-refractivity contribution is 6.31. The van der Waals surface area contributed by atoms with E-state index in [0.29, 0.717) is 73.3 Å². The number of hydrogen-bond donors (Lipinski definition) is 2. The fourth-order valence-electron chi connectivity index (χ4n) is 3.51. The van der Waals surface area contributed by atoms with Crippen molar-refractivity contribution in [2.45, 2.75) is 19.4 Å². The molecule has 2 N–H and O–H groups in total. The number of nitrogens with one attached hydrogen (secondary N) is 2. The molecule has 0 spiro atoms. The highest BCUT2D eigenvalue weighted by atomic mass is 35.5. The molecule has 4 rings (SSSR count). The van der Waals surface area contributed by atoms with Gasteiger partial charge in [0.05, 0.1) is 18.2 Å². The zero-order valence-electron chi connectivity index (χ0n) is 20.1. The SMILES string of the molecule is COCCCOc1cc2c(cc1OCCCOC)Oc1ncnc(Nc3ccc(F)c(Cl)c3)c1NC2. The maximum atomic E-state index is 13.6. The van der Waals surface area contributed by atoms with Crippen molar-refractivity contribution in [3.63, 3.8) is 0 Å². The van der Waals surface area contributed by atoms with Crippen LogP contribution in [-0.4, -0.2) is 50.6 Å². The van der Waals surface area contributed by atoms with Crippen molar-refractivity contribution in [1.82, 2.24) is 9.97 Å². The lowest BCUT2D eigenvalue weighted by Gasteiger charge is -2.16. The van der Waals surface area contributed by atoms with E-state index in [-0.39, 0.29) is 5.02 Å². The van der Waals surface area contributed by atoms with Crippen LogP contribution < -0.4 is 24.8 Å². The van der Waals surface area contributed by atoms with E-state index in [4.69, 9.17) is 35.3 Å². The van der Waals surface area contributed by atoms with E-state index in [2.05, 4.69) is 20.6 Å². The number of nitrogens with zero attached hydrogens (tertiary/aromatic N) is 2. The fourth-order valence-corrected chi connectivity index (χ4v) is 3.69. The molecule has 0 amide bonds. The maximum absolute atomic E-state index is 13.6. The fraction of sp³-hybridized carbons (Fsp3) is 0.360. The molecule has 0 unspecified atom stereocenters. The summed E-state index contributed by atoms with van der Waals surface area (Å²) in [5.41, 5.74) is 1.98. The minimum atomic E-state index is -0.499. The molecule has 2 aromatic carbocycles. The number of anilines is 3. The van der Waals surface area contributed by atoms with Gasteiger partial charge in [0.1, 0.15) is 23.6 Å². The largest absolute Gasteiger partial charge is 0.490 e. The quantitative estimate of drug-likeness (QED) is 0.299. The van der Waals surface area contributed by atoms with Gasteiger partial charge in [0.15, 0.2) is 17.3 Å². The molecular weight excluding hydrogens is 491 g/mol. The topological polar surface area (TPSA) is 96.0 Å². The van der Waals surface area contributed by atoms with Gasteiger partial charge in [-0.2, -0.15) is 4.98 Å². The standard InChI is InChI=1S/C25H28ClFN4O5/c1-32-7-3-9-34-21-11-16-14-28-23-24(31-17-5-6-19(27)18(26)12-17)29-15-30-25(23)36-20(16)13-22(21)35-10-4-8-33-2/h5-6,11-13,15,28H,3-4,7-10,14H2,1-2H3,(H,29,30,31). The molecule has 192 valence electrons. The third-order valence-corrected chi connectivity index (χ3v) is 5.57. The highest BCUT2D eigenvalue weighted by Crippen LogP contribution is 2.43. The minimum absolute atomic E-state index is 0.00724. The molecule has 0 saturated carbocycles. The summed E-state index contributed by atoms with van der Waals surface area (Å²) in [6.07, 6.45) is 2.86. The summed E-state index contributed by atoms with van der Waals surface area (Å²) in [6.45, 7) is 2.56. The van der Waals surface area contributed by atoms with Crippen molar-refractivity contribution < 1.29 is 28.1 Å². The first-order valence-electron chi connectivity index (χ1n) is 11.5. The van der Waals surface area contributed by atoms with Crippen LogP contribution in [-0.2, 0) is 16.0 Å². The lowest BCUT2D eigenvalue weighted by atomic mass is 10.1. The summed E-state index contributed by atoms with van der Waals surface area (Å²) in [7, 11) is 3.31. The number of aromatic nitrogens is 2. The Morgan fingerprint density at radius 3 is 2.42 bits per heavy atom. The van der Waals surface area contributed by atoms with Crippen LogP contribution in [0.15, 0.2) is 36.7 Å². The number of benzene rings is 2. The minimum Gasteiger partial charge on any atom is -0.490 e. The first kappa shape index (κ1) is 25.7. The first-order chi connectivity index (χ1) is 17.6. The second-order valence-corrected chi connectivity index (χ2v) is 8.32. The van der Waals surface area contributed by atoms with Gasteiger partial charge in [0.2, 0.25) is 5.88 Å². The molecule has 0 fully saturated rings. The van der Waals surface area contributed by atoms with Crippen LogP contribution in [0.1, 0.15) is 18.4 Å². The Bertz CT molecular complexity index is 1180. The summed E-state index contributed by atoms with van der Waals surface area (Å²) in [5, 5.41) is 6.47. The zero-order chi connectivity index (χ0) is 25.3. The van der Waals surface area contributed by atoms with Crippen LogP contribution in [0, 0.1) is 5.82 Å². The number of ether oxygens (including phenoxy) is 5. The lowest BCUT2D eigenvalue weighted by Crippen LogP contribution is -2.07. The van der Waals surface area contributed by atoms with Crippen LogP contribution in [0.2, 0.25) is 5.02 Å². The van der Waals surface area contributed by atoms with Crippen molar-refractivity contribution in [2.24, 2.45) is 0 Å². The number of hydrogen-bond acceptors (Lipinski definition) is 9. The van der Waals surface area contributed by atoms with E-state index in [1.807, 2.05) is 6.07 Å². The van der Waals surface area contributed by atoms with Gasteiger partial charge >= 0.3 is 0 Å². The van der Waals surface area contributed by atoms with Crippen molar-refractivity contribution in [3.8, 4) is 23.1 Å². The summed E-state index contributed by atoms with van der Waals surface area (Å²) < 4.78 is 41.9. The van der Waals surface area contributed by atoms with Gasteiger partial charge in [-0.15, -0.1) is 0 Å². The van der Waals surface area contributed by atoms with Crippen molar-refractivity contribution in [2.75, 3.05) is 51.3 Å². The zero-order valence-corrected chi connectivity index (χ0v) is 20.9. The average molecular weight is 519 g/mol. The molecule has 36 heavy (non-hydrogen) atoms. The molecule has 0 aliphatic carbocycles. The van der Waals surface area contributed by atoms with E-state index < -0.39 is 5.82 Å². The number of halogens is 2. The molecule has 0 bridgehead atoms. The predicted molar refractivity (Wildman–Crippen MR) is 135 cm³/mol. The molecular formula is C25H28ClFN4O5. The maximum Gasteiger partial charge on any atom is 0.248 e. The number of rotatable bonds is 12. The van der Waals surface area contributed by atoms with E-state index in [1.165, 1.54) is 18.5 Å². The molecule has 3 aromatic rings. The van der Waals surface area contributed by atoms with Crippen LogP contribution in [0.4, 0.5) is 21.6 Å². The lowest BCUT2D eigenvalue weighted by molar-refractivity contribution is 0.162. The summed E-state index contributed by atoms with van der Waals surface area (Å²) in [4.78, 5) is 8.62. The van der Waals surface area contributed by atoms with Gasteiger partial charge in [-0.3, -0.25) is 0 Å². The third-order valence-electron chi connectivity index (χ3n) is 5.28. The van der Waals surface area contributed by atoms with Crippen LogP contribution in [0.3, 0.4) is 0 Å². The van der Waals surface area contributed by atoms with Crippen LogP contribution in [0.5, 0.6) is 23.1 Å². The van der Waals surface area contributed by atoms with Gasteiger partial charge in [-0.25, -0.2) is 9.37 Å². The Morgan fingerprint density at radius 1 is 1.00 bits per heavy atom. The van der Waals surface area contributed by atoms with Crippen molar-refractivity contribution >= 4 is 28.8 Å². The molecule has 0 radical (unpaired) electrons. The second kappa shape index (κ2) is 12.6. The summed E-state index contributed by atoms with van der Waals surface area (Å²) in [5.74, 6) is 2.06. The van der Waals surface area contributed by atoms with Gasteiger partial charge in [0, 0.05) is 64.1 Å². The molecule has 0 saturated heterocycles. The number of methoxy groups -OCH3 is 2. The first-order valence-corrected chi connectivity index (χ1v) is 11.9. The second-order valence-electron chi connectivity index (χ2n) is 7.91. The Balaban J connectivity index is 1.58. The molecule has 11 heteroatoms. The molecule has 0 atom stereocenters. The number of fused-ring (bicyclic) bond motifs is 2. The average Bonchev–Trinajstić information content (AvgIpc) is 3.06. The summed E-state index contributed by atoms with van der Waals surface area (Å²) >= 11 is 5.92. The van der Waals surface area contributed by atoms with Gasteiger partial charge in [-0.1, -0.05) is 11.6 Å². The van der Waals surface area contributed by atoms with Crippen molar-refractivity contribution in [1.29, 1.82) is 0 Å². The third kappa shape index (κ3) is 6.45. The van der Waals surface area contributed by atoms with Crippen LogP contribution in [0.25, 0.3) is 0 Å². The van der Waals surface area contributed by atoms with E-state index in [9.17, 15) is 4.39 Å². The molecule has 9 nitrogen and oxygen atoms in total. The van der Waals surface area contributed by atoms with E-state index in [0.717, 1.165) is 18.4 Å².